The van der Waals surface area contributed by atoms with Crippen LogP contribution in [0.25, 0.3) is 0 Å². The Morgan fingerprint density at radius 3 is 2.57 bits per heavy atom. The molecule has 0 saturated carbocycles. The van der Waals surface area contributed by atoms with E-state index in [2.05, 4.69) is 10.7 Å². The van der Waals surface area contributed by atoms with Gasteiger partial charge in [-0.3, -0.25) is 4.79 Å². The van der Waals surface area contributed by atoms with E-state index in [0.717, 1.165) is 17.0 Å². The zero-order valence-electron chi connectivity index (χ0n) is 15.9. The Morgan fingerprint density at radius 1 is 1.11 bits per heavy atom. The summed E-state index contributed by atoms with van der Waals surface area (Å²) < 4.78 is 5.22. The number of piperidine rings is 1. The first-order valence-corrected chi connectivity index (χ1v) is 9.44. The van der Waals surface area contributed by atoms with Crippen molar-refractivity contribution in [2.45, 2.75) is 24.9 Å². The smallest absolute Gasteiger partial charge is 0.338 e. The van der Waals surface area contributed by atoms with Crippen LogP contribution in [0.4, 0.5) is 10.5 Å². The standard InChI is InChI=1S/C21H24N4O3/c1-28-18-9-5-6-16(14-18)15-19(26)24-12-10-21(11-13-24)22-20(27)25(23-21)17-7-3-2-4-8-17/h2-9,14,23H,10-13,15H2,1H3,(H,22,27). The summed E-state index contributed by atoms with van der Waals surface area (Å²) in [6.45, 7) is 1.19. The van der Waals surface area contributed by atoms with Crippen molar-refractivity contribution >= 4 is 17.6 Å². The number of amides is 3. The van der Waals surface area contributed by atoms with Gasteiger partial charge in [0.25, 0.3) is 0 Å². The third-order valence-corrected chi connectivity index (χ3v) is 5.35. The van der Waals surface area contributed by atoms with Gasteiger partial charge < -0.3 is 15.0 Å². The minimum Gasteiger partial charge on any atom is -0.497 e. The van der Waals surface area contributed by atoms with Gasteiger partial charge in [0.15, 0.2) is 0 Å². The first-order valence-electron chi connectivity index (χ1n) is 9.44. The molecule has 2 aliphatic rings. The molecule has 3 amide bonds. The van der Waals surface area contributed by atoms with Crippen molar-refractivity contribution in [3.8, 4) is 5.75 Å². The summed E-state index contributed by atoms with van der Waals surface area (Å²) in [5.41, 5.74) is 4.55. The van der Waals surface area contributed by atoms with Gasteiger partial charge in [0.1, 0.15) is 11.4 Å². The van der Waals surface area contributed by atoms with Crippen molar-refractivity contribution in [1.82, 2.24) is 15.6 Å². The number of benzene rings is 2. The van der Waals surface area contributed by atoms with Crippen LogP contribution in [0.1, 0.15) is 18.4 Å². The predicted octanol–water partition coefficient (Wildman–Crippen LogP) is 2.29. The van der Waals surface area contributed by atoms with E-state index >= 15 is 0 Å². The Hall–Kier alpha value is -3.06. The Labute approximate surface area is 164 Å². The highest BCUT2D eigenvalue weighted by Gasteiger charge is 2.45. The molecule has 0 atom stereocenters. The largest absolute Gasteiger partial charge is 0.497 e. The number of carbonyl (C=O) groups is 2. The van der Waals surface area contributed by atoms with Gasteiger partial charge in [-0.05, 0) is 29.8 Å². The molecule has 0 aliphatic carbocycles. The third kappa shape index (κ3) is 3.66. The molecule has 2 fully saturated rings. The summed E-state index contributed by atoms with van der Waals surface area (Å²) in [7, 11) is 1.62. The number of ether oxygens (including phenoxy) is 1. The van der Waals surface area contributed by atoms with Gasteiger partial charge in [-0.15, -0.1) is 0 Å². The van der Waals surface area contributed by atoms with Crippen LogP contribution in [0, 0.1) is 0 Å². The number of methoxy groups -OCH3 is 1. The first-order chi connectivity index (χ1) is 13.6. The fraction of sp³-hybridized carbons (Fsp3) is 0.333. The lowest BCUT2D eigenvalue weighted by atomic mass is 9.97. The lowest BCUT2D eigenvalue weighted by molar-refractivity contribution is -0.132. The molecular weight excluding hydrogens is 356 g/mol. The molecule has 1 spiro atoms. The topological polar surface area (TPSA) is 73.9 Å². The maximum atomic E-state index is 12.7. The number of urea groups is 1. The third-order valence-electron chi connectivity index (χ3n) is 5.35. The number of nitrogens with one attached hydrogen (secondary N) is 2. The molecule has 146 valence electrons. The molecule has 0 bridgehead atoms. The van der Waals surface area contributed by atoms with Gasteiger partial charge in [-0.1, -0.05) is 30.3 Å². The number of hydrogen-bond acceptors (Lipinski definition) is 4. The Kier molecular flexibility index (Phi) is 4.92. The van der Waals surface area contributed by atoms with E-state index in [1.54, 1.807) is 12.1 Å². The summed E-state index contributed by atoms with van der Waals surface area (Å²) in [6.07, 6.45) is 1.66. The SMILES string of the molecule is COc1cccc(CC(=O)N2CCC3(CC2)NC(=O)N(c2ccccc2)N3)c1. The number of hydrogen-bond donors (Lipinski definition) is 2. The van der Waals surface area contributed by atoms with Crippen molar-refractivity contribution in [2.24, 2.45) is 0 Å². The Balaban J connectivity index is 1.36. The second kappa shape index (κ2) is 7.52. The van der Waals surface area contributed by atoms with Gasteiger partial charge in [0, 0.05) is 25.9 Å². The molecule has 0 unspecified atom stereocenters. The fourth-order valence-electron chi connectivity index (χ4n) is 3.76. The lowest BCUT2D eigenvalue weighted by Crippen LogP contribution is -2.58. The molecule has 2 saturated heterocycles. The van der Waals surface area contributed by atoms with Crippen LogP contribution >= 0.6 is 0 Å². The number of likely N-dealkylation sites (tertiary alicyclic amines) is 1. The van der Waals surface area contributed by atoms with E-state index < -0.39 is 5.66 Å². The molecule has 7 heteroatoms. The zero-order chi connectivity index (χ0) is 19.6. The number of hydrazine groups is 1. The van der Waals surface area contributed by atoms with Crippen LogP contribution < -0.4 is 20.5 Å². The predicted molar refractivity (Wildman–Crippen MR) is 106 cm³/mol. The minimum absolute atomic E-state index is 0.0901. The summed E-state index contributed by atoms with van der Waals surface area (Å²) in [5, 5.41) is 4.61. The average Bonchev–Trinajstić information content (AvgIpc) is 3.05. The highest BCUT2D eigenvalue weighted by molar-refractivity contribution is 5.93. The first kappa shape index (κ1) is 18.3. The molecular formula is C21H24N4O3. The fourth-order valence-corrected chi connectivity index (χ4v) is 3.76. The highest BCUT2D eigenvalue weighted by Crippen LogP contribution is 2.27. The molecule has 2 aliphatic heterocycles. The van der Waals surface area contributed by atoms with E-state index in [0.29, 0.717) is 32.4 Å². The molecule has 7 nitrogen and oxygen atoms in total. The number of anilines is 1. The van der Waals surface area contributed by atoms with Crippen LogP contribution in [0.3, 0.4) is 0 Å². The van der Waals surface area contributed by atoms with Gasteiger partial charge >= 0.3 is 6.03 Å². The molecule has 0 aromatic heterocycles. The van der Waals surface area contributed by atoms with Gasteiger partial charge in [0.05, 0.1) is 19.2 Å². The Morgan fingerprint density at radius 2 is 1.86 bits per heavy atom. The van der Waals surface area contributed by atoms with Crippen LogP contribution in [-0.2, 0) is 11.2 Å². The van der Waals surface area contributed by atoms with Crippen LogP contribution in [0.5, 0.6) is 5.75 Å². The van der Waals surface area contributed by atoms with Crippen molar-refractivity contribution in [3.05, 3.63) is 60.2 Å². The van der Waals surface area contributed by atoms with Crippen molar-refractivity contribution in [3.63, 3.8) is 0 Å². The van der Waals surface area contributed by atoms with Crippen LogP contribution in [0.2, 0.25) is 0 Å². The maximum absolute atomic E-state index is 12.7. The molecule has 2 aromatic carbocycles. The summed E-state index contributed by atoms with van der Waals surface area (Å²) in [4.78, 5) is 27.0. The average molecular weight is 380 g/mol. The van der Waals surface area contributed by atoms with E-state index in [9.17, 15) is 9.59 Å². The summed E-state index contributed by atoms with van der Waals surface area (Å²) >= 11 is 0. The van der Waals surface area contributed by atoms with Crippen LogP contribution in [-0.4, -0.2) is 42.7 Å². The molecule has 2 aromatic rings. The second-order valence-electron chi connectivity index (χ2n) is 7.20. The van der Waals surface area contributed by atoms with E-state index in [4.69, 9.17) is 4.74 Å². The normalized spacial score (nSPS) is 18.2. The van der Waals surface area contributed by atoms with E-state index in [1.807, 2.05) is 59.5 Å². The molecule has 2 heterocycles. The van der Waals surface area contributed by atoms with Crippen LogP contribution in [0.15, 0.2) is 54.6 Å². The van der Waals surface area contributed by atoms with Gasteiger partial charge in [-0.2, -0.15) is 0 Å². The monoisotopic (exact) mass is 380 g/mol. The van der Waals surface area contributed by atoms with Crippen molar-refractivity contribution in [1.29, 1.82) is 0 Å². The molecule has 4 rings (SSSR count). The summed E-state index contributed by atoms with van der Waals surface area (Å²) in [5.74, 6) is 0.842. The minimum atomic E-state index is -0.500. The molecule has 0 radical (unpaired) electrons. The van der Waals surface area contributed by atoms with E-state index in [1.165, 1.54) is 0 Å². The zero-order valence-corrected chi connectivity index (χ0v) is 15.9. The Bertz CT molecular complexity index is 863. The maximum Gasteiger partial charge on any atom is 0.338 e. The van der Waals surface area contributed by atoms with Crippen molar-refractivity contribution < 1.29 is 14.3 Å². The van der Waals surface area contributed by atoms with Gasteiger partial charge in [-0.25, -0.2) is 15.2 Å². The second-order valence-corrected chi connectivity index (χ2v) is 7.20. The number of rotatable bonds is 4. The van der Waals surface area contributed by atoms with Gasteiger partial charge in [0.2, 0.25) is 5.91 Å². The number of para-hydroxylation sites is 1. The molecule has 2 N–H and O–H groups in total. The highest BCUT2D eigenvalue weighted by atomic mass is 16.5. The number of nitrogens with zero attached hydrogens (tertiary/aromatic N) is 2. The molecule has 28 heavy (non-hydrogen) atoms. The number of carbonyl (C=O) groups excluding carboxylic acids is 2. The lowest BCUT2D eigenvalue weighted by Gasteiger charge is -2.39. The quantitative estimate of drug-likeness (QED) is 0.854. The van der Waals surface area contributed by atoms with E-state index in [-0.39, 0.29) is 11.9 Å². The summed E-state index contributed by atoms with van der Waals surface area (Å²) in [6, 6.07) is 16.9. The van der Waals surface area contributed by atoms with Crippen molar-refractivity contribution in [2.75, 3.05) is 25.2 Å².